The lowest BCUT2D eigenvalue weighted by Crippen LogP contribution is -2.50. The van der Waals surface area contributed by atoms with Crippen molar-refractivity contribution >= 4 is 17.7 Å². The van der Waals surface area contributed by atoms with Crippen LogP contribution < -0.4 is 4.90 Å². The highest BCUT2D eigenvalue weighted by Gasteiger charge is 2.46. The Morgan fingerprint density at radius 3 is 2.40 bits per heavy atom. The van der Waals surface area contributed by atoms with Crippen LogP contribution in [-0.4, -0.2) is 47.3 Å². The predicted octanol–water partition coefficient (Wildman–Crippen LogP) is 3.53. The maximum absolute atomic E-state index is 14.0. The molecule has 1 heterocycles. The molecule has 0 aromatic heterocycles. The Morgan fingerprint density at radius 1 is 1.20 bits per heavy atom. The lowest BCUT2D eigenvalue weighted by atomic mass is 10.1. The molecule has 0 N–H and O–H groups in total. The van der Waals surface area contributed by atoms with Gasteiger partial charge in [-0.3, -0.25) is 9.69 Å². The fourth-order valence-corrected chi connectivity index (χ4v) is 3.14. The van der Waals surface area contributed by atoms with Gasteiger partial charge in [-0.2, -0.15) is 0 Å². The predicted molar refractivity (Wildman–Crippen MR) is 93.2 cm³/mol. The van der Waals surface area contributed by atoms with Gasteiger partial charge in [-0.1, -0.05) is 18.2 Å². The molecule has 1 aromatic rings. The van der Waals surface area contributed by atoms with Crippen LogP contribution in [0.4, 0.5) is 14.9 Å². The number of alkyl halides is 1. The number of likely N-dealkylation sites (tertiary alicyclic amines) is 1. The van der Waals surface area contributed by atoms with Crippen LogP contribution >= 0.6 is 0 Å². The number of amides is 2. The molecule has 25 heavy (non-hydrogen) atoms. The van der Waals surface area contributed by atoms with Crippen molar-refractivity contribution in [2.24, 2.45) is 0 Å². The third-order valence-electron chi connectivity index (χ3n) is 4.35. The monoisotopic (exact) mass is 348 g/mol. The van der Waals surface area contributed by atoms with Crippen LogP contribution in [0, 0.1) is 0 Å². The summed E-state index contributed by atoms with van der Waals surface area (Å²) in [4.78, 5) is 28.6. The zero-order valence-electron chi connectivity index (χ0n) is 14.9. The maximum atomic E-state index is 14.0. The number of hydrogen-bond acceptors (Lipinski definition) is 3. The van der Waals surface area contributed by atoms with Crippen molar-refractivity contribution in [3.8, 4) is 0 Å². The Morgan fingerprint density at radius 2 is 1.84 bits per heavy atom. The standard InChI is InChI=1S/C19H25FN2O3/c1-19(2,3)25-18(24)21-12-13(20)11-16(21)17(23)22(15-9-10-15)14-7-5-4-6-8-14/h4-8,13,15-16H,9-12H2,1-3H3/t13-,16+/m1/s1. The third kappa shape index (κ3) is 4.11. The van der Waals surface area contributed by atoms with Gasteiger partial charge in [-0.05, 0) is 45.7 Å². The normalized spacial score (nSPS) is 23.4. The van der Waals surface area contributed by atoms with Crippen molar-refractivity contribution in [3.05, 3.63) is 30.3 Å². The summed E-state index contributed by atoms with van der Waals surface area (Å²) < 4.78 is 19.4. The molecule has 0 spiro atoms. The highest BCUT2D eigenvalue weighted by atomic mass is 19.1. The summed E-state index contributed by atoms with van der Waals surface area (Å²) in [7, 11) is 0. The van der Waals surface area contributed by atoms with Gasteiger partial charge < -0.3 is 9.64 Å². The number of rotatable bonds is 3. The summed E-state index contributed by atoms with van der Waals surface area (Å²) >= 11 is 0. The van der Waals surface area contributed by atoms with Gasteiger partial charge in [0.1, 0.15) is 17.8 Å². The van der Waals surface area contributed by atoms with E-state index in [4.69, 9.17) is 4.74 Å². The summed E-state index contributed by atoms with van der Waals surface area (Å²) in [5.74, 6) is -0.222. The van der Waals surface area contributed by atoms with E-state index in [1.165, 1.54) is 4.90 Å². The van der Waals surface area contributed by atoms with Crippen LogP contribution in [0.3, 0.4) is 0 Å². The SMILES string of the molecule is CC(C)(C)OC(=O)N1C[C@H](F)C[C@H]1C(=O)N(c1ccccc1)C1CC1. The number of carbonyl (C=O) groups is 2. The Hall–Kier alpha value is -2.11. The Labute approximate surface area is 147 Å². The largest absolute Gasteiger partial charge is 0.444 e. The van der Waals surface area contributed by atoms with Gasteiger partial charge in [0, 0.05) is 18.2 Å². The molecule has 2 aliphatic rings. The first-order valence-electron chi connectivity index (χ1n) is 8.78. The molecular formula is C19H25FN2O3. The molecular weight excluding hydrogens is 323 g/mol. The first-order chi connectivity index (χ1) is 11.8. The lowest BCUT2D eigenvalue weighted by molar-refractivity contribution is -0.123. The molecule has 136 valence electrons. The summed E-state index contributed by atoms with van der Waals surface area (Å²) in [6.07, 6.45) is 0.0411. The van der Waals surface area contributed by atoms with Crippen LogP contribution in [0.25, 0.3) is 0 Å². The van der Waals surface area contributed by atoms with Crippen LogP contribution in [0.1, 0.15) is 40.0 Å². The van der Waals surface area contributed by atoms with Crippen molar-refractivity contribution in [1.29, 1.82) is 0 Å². The first kappa shape index (κ1) is 17.7. The van der Waals surface area contributed by atoms with Gasteiger partial charge in [0.15, 0.2) is 0 Å². The molecule has 5 nitrogen and oxygen atoms in total. The first-order valence-corrected chi connectivity index (χ1v) is 8.78. The number of para-hydroxylation sites is 1. The van der Waals surface area contributed by atoms with Crippen molar-refractivity contribution in [2.45, 2.75) is 63.9 Å². The van der Waals surface area contributed by atoms with Crippen LogP contribution in [0.5, 0.6) is 0 Å². The smallest absolute Gasteiger partial charge is 0.411 e. The zero-order chi connectivity index (χ0) is 18.2. The Balaban J connectivity index is 1.82. The average molecular weight is 348 g/mol. The quantitative estimate of drug-likeness (QED) is 0.840. The van der Waals surface area contributed by atoms with Crippen LogP contribution in [-0.2, 0) is 9.53 Å². The van der Waals surface area contributed by atoms with E-state index >= 15 is 0 Å². The van der Waals surface area contributed by atoms with Crippen LogP contribution in [0.15, 0.2) is 30.3 Å². The molecule has 1 saturated carbocycles. The second-order valence-electron chi connectivity index (χ2n) is 7.76. The molecule has 6 heteroatoms. The van der Waals surface area contributed by atoms with Gasteiger partial charge >= 0.3 is 6.09 Å². The van der Waals surface area contributed by atoms with Gasteiger partial charge in [0.2, 0.25) is 5.91 Å². The zero-order valence-corrected chi connectivity index (χ0v) is 14.9. The number of anilines is 1. The van der Waals surface area contributed by atoms with Crippen molar-refractivity contribution in [2.75, 3.05) is 11.4 Å². The fourth-order valence-electron chi connectivity index (χ4n) is 3.14. The summed E-state index contributed by atoms with van der Waals surface area (Å²) in [6.45, 7) is 5.17. The fraction of sp³-hybridized carbons (Fsp3) is 0.579. The van der Waals surface area contributed by atoms with Gasteiger partial charge in [0.25, 0.3) is 0 Å². The second-order valence-corrected chi connectivity index (χ2v) is 7.76. The minimum Gasteiger partial charge on any atom is -0.444 e. The Bertz CT molecular complexity index is 640. The minimum absolute atomic E-state index is 0.0220. The number of carbonyl (C=O) groups excluding carboxylic acids is 2. The van der Waals surface area contributed by atoms with E-state index in [-0.39, 0.29) is 24.9 Å². The third-order valence-corrected chi connectivity index (χ3v) is 4.35. The van der Waals surface area contributed by atoms with Crippen molar-refractivity contribution in [1.82, 2.24) is 4.90 Å². The number of nitrogens with zero attached hydrogens (tertiary/aromatic N) is 2. The molecule has 1 saturated heterocycles. The Kier molecular flexibility index (Phi) is 4.71. The lowest BCUT2D eigenvalue weighted by Gasteiger charge is -2.31. The second kappa shape index (κ2) is 6.65. The highest BCUT2D eigenvalue weighted by molar-refractivity contribution is 6.00. The molecule has 1 aromatic carbocycles. The number of ether oxygens (including phenoxy) is 1. The van der Waals surface area contributed by atoms with Gasteiger partial charge in [-0.25, -0.2) is 9.18 Å². The van der Waals surface area contributed by atoms with Gasteiger partial charge in [0.05, 0.1) is 6.54 Å². The molecule has 0 bridgehead atoms. The van der Waals surface area contributed by atoms with E-state index in [1.807, 2.05) is 30.3 Å². The maximum Gasteiger partial charge on any atom is 0.411 e. The average Bonchev–Trinajstić information content (AvgIpc) is 3.27. The molecule has 1 aliphatic heterocycles. The van der Waals surface area contributed by atoms with Crippen molar-refractivity contribution in [3.63, 3.8) is 0 Å². The van der Waals surface area contributed by atoms with E-state index in [2.05, 4.69) is 0 Å². The van der Waals surface area contributed by atoms with Crippen molar-refractivity contribution < 1.29 is 18.7 Å². The summed E-state index contributed by atoms with van der Waals surface area (Å²) in [5.41, 5.74) is 0.107. The number of hydrogen-bond donors (Lipinski definition) is 0. The van der Waals surface area contributed by atoms with Crippen LogP contribution in [0.2, 0.25) is 0 Å². The summed E-state index contributed by atoms with van der Waals surface area (Å²) in [6, 6.07) is 8.69. The molecule has 0 radical (unpaired) electrons. The molecule has 0 unspecified atom stereocenters. The van der Waals surface area contributed by atoms with E-state index in [0.29, 0.717) is 0 Å². The highest BCUT2D eigenvalue weighted by Crippen LogP contribution is 2.34. The number of halogens is 1. The van der Waals surface area contributed by atoms with E-state index in [0.717, 1.165) is 18.5 Å². The van der Waals surface area contributed by atoms with E-state index < -0.39 is 23.9 Å². The van der Waals surface area contributed by atoms with Gasteiger partial charge in [-0.15, -0.1) is 0 Å². The molecule has 2 fully saturated rings. The van der Waals surface area contributed by atoms with E-state index in [1.54, 1.807) is 25.7 Å². The number of benzene rings is 1. The van der Waals surface area contributed by atoms with E-state index in [9.17, 15) is 14.0 Å². The minimum atomic E-state index is -1.21. The molecule has 1 aliphatic carbocycles. The topological polar surface area (TPSA) is 49.9 Å². The molecule has 2 amide bonds. The molecule has 2 atom stereocenters. The molecule has 3 rings (SSSR count). The summed E-state index contributed by atoms with van der Waals surface area (Å²) in [5, 5.41) is 0.